The lowest BCUT2D eigenvalue weighted by atomic mass is 9.78. The van der Waals surface area contributed by atoms with E-state index < -0.39 is 29.7 Å². The van der Waals surface area contributed by atoms with E-state index >= 15 is 0 Å². The zero-order valence-corrected chi connectivity index (χ0v) is 15.8. The number of para-hydroxylation sites is 1. The molecule has 1 amide bonds. The number of hydrogen-bond acceptors (Lipinski definition) is 8. The Morgan fingerprint density at radius 1 is 1.22 bits per heavy atom. The van der Waals surface area contributed by atoms with Gasteiger partial charge < -0.3 is 19.5 Å². The van der Waals surface area contributed by atoms with Gasteiger partial charge in [0.05, 0.1) is 43.8 Å². The maximum atomic E-state index is 12.6. The number of thioether (sulfide) groups is 1. The Morgan fingerprint density at radius 2 is 1.93 bits per heavy atom. The average Bonchev–Trinajstić information content (AvgIpc) is 2.70. The molecule has 0 fully saturated rings. The van der Waals surface area contributed by atoms with Crippen LogP contribution in [0.1, 0.15) is 11.5 Å². The Kier molecular flexibility index (Phi) is 6.85. The van der Waals surface area contributed by atoms with Gasteiger partial charge in [-0.1, -0.05) is 30.0 Å². The number of carbonyl (C=O) groups is 3. The number of hydrogen-bond donors (Lipinski definition) is 1. The minimum Gasteiger partial charge on any atom is -0.496 e. The molecule has 0 aromatic heterocycles. The second-order valence-electron chi connectivity index (χ2n) is 5.43. The minimum absolute atomic E-state index is 0.0984. The second-order valence-corrected chi connectivity index (χ2v) is 6.41. The van der Waals surface area contributed by atoms with Crippen LogP contribution < -0.4 is 10.1 Å². The van der Waals surface area contributed by atoms with E-state index in [4.69, 9.17) is 9.47 Å². The molecule has 0 radical (unpaired) electrons. The molecule has 1 N–H and O–H groups in total. The Labute approximate surface area is 160 Å². The number of amides is 1. The van der Waals surface area contributed by atoms with Crippen LogP contribution in [-0.2, 0) is 23.9 Å². The van der Waals surface area contributed by atoms with E-state index in [1.807, 2.05) is 0 Å². The van der Waals surface area contributed by atoms with Gasteiger partial charge in [0.1, 0.15) is 11.7 Å². The zero-order chi connectivity index (χ0) is 20.0. The monoisotopic (exact) mass is 390 g/mol. The van der Waals surface area contributed by atoms with Crippen molar-refractivity contribution in [3.63, 3.8) is 0 Å². The number of esters is 2. The normalized spacial score (nSPS) is 19.0. The summed E-state index contributed by atoms with van der Waals surface area (Å²) in [6.45, 7) is 0. The maximum absolute atomic E-state index is 12.6. The Bertz CT molecular complexity index is 829. The number of rotatable bonds is 6. The molecule has 2 rings (SSSR count). The van der Waals surface area contributed by atoms with Crippen molar-refractivity contribution < 1.29 is 28.6 Å². The summed E-state index contributed by atoms with van der Waals surface area (Å²) in [5.41, 5.74) is 0.640. The highest BCUT2D eigenvalue weighted by atomic mass is 32.2. The van der Waals surface area contributed by atoms with Gasteiger partial charge in [0.15, 0.2) is 0 Å². The molecule has 0 saturated carbocycles. The fraction of sp³-hybridized carbons (Fsp3) is 0.333. The third-order valence-corrected chi connectivity index (χ3v) is 5.01. The van der Waals surface area contributed by atoms with Crippen LogP contribution >= 0.6 is 11.8 Å². The molecule has 0 unspecified atom stereocenters. The standard InChI is InChI=1S/C18H18N2O6S/c1-24-12-7-5-4-6-10(12)14-11(8-19)17(27-9-13(21)25-2)20-16(22)15(14)18(23)26-3/h4-7,14-15H,9H2,1-3H3,(H,20,22)/t14-,15-/m0/s1. The SMILES string of the molecule is COC(=O)CSC1=C(C#N)[C@H](c2ccccc2OC)[C@H](C(=O)OC)C(=O)N1. The van der Waals surface area contributed by atoms with Gasteiger partial charge in [-0.15, -0.1) is 0 Å². The quantitative estimate of drug-likeness (QED) is 0.572. The molecule has 1 heterocycles. The highest BCUT2D eigenvalue weighted by Gasteiger charge is 2.45. The summed E-state index contributed by atoms with van der Waals surface area (Å²) in [5.74, 6) is -3.74. The van der Waals surface area contributed by atoms with E-state index in [2.05, 4.69) is 16.1 Å². The van der Waals surface area contributed by atoms with Gasteiger partial charge >= 0.3 is 11.9 Å². The van der Waals surface area contributed by atoms with Gasteiger partial charge in [-0.05, 0) is 6.07 Å². The van der Waals surface area contributed by atoms with Crippen LogP contribution in [0, 0.1) is 17.2 Å². The minimum atomic E-state index is -1.26. The fourth-order valence-corrected chi connectivity index (χ4v) is 3.65. The first kappa shape index (κ1) is 20.3. The number of carbonyl (C=O) groups excluding carboxylic acids is 3. The molecule has 9 heteroatoms. The summed E-state index contributed by atoms with van der Waals surface area (Å²) < 4.78 is 14.7. The van der Waals surface area contributed by atoms with Crippen LogP contribution in [0.3, 0.4) is 0 Å². The zero-order valence-electron chi connectivity index (χ0n) is 15.0. The number of benzene rings is 1. The van der Waals surface area contributed by atoms with Crippen molar-refractivity contribution in [2.75, 3.05) is 27.1 Å². The molecule has 2 atom stereocenters. The lowest BCUT2D eigenvalue weighted by Gasteiger charge is -2.31. The van der Waals surface area contributed by atoms with Crippen molar-refractivity contribution in [1.29, 1.82) is 5.26 Å². The molecule has 8 nitrogen and oxygen atoms in total. The third kappa shape index (κ3) is 4.23. The number of ether oxygens (including phenoxy) is 3. The number of nitriles is 1. The first-order valence-corrected chi connectivity index (χ1v) is 8.82. The summed E-state index contributed by atoms with van der Waals surface area (Å²) in [5, 5.41) is 12.5. The van der Waals surface area contributed by atoms with Crippen LogP contribution in [0.4, 0.5) is 0 Å². The summed E-state index contributed by atoms with van der Waals surface area (Å²) in [7, 11) is 3.87. The Hall–Kier alpha value is -2.99. The molecule has 0 aliphatic carbocycles. The van der Waals surface area contributed by atoms with Gasteiger partial charge in [-0.3, -0.25) is 14.4 Å². The highest BCUT2D eigenvalue weighted by Crippen LogP contribution is 2.43. The van der Waals surface area contributed by atoms with E-state index in [0.717, 1.165) is 11.8 Å². The molecule has 27 heavy (non-hydrogen) atoms. The summed E-state index contributed by atoms with van der Waals surface area (Å²) >= 11 is 0.957. The van der Waals surface area contributed by atoms with Crippen molar-refractivity contribution in [1.82, 2.24) is 5.32 Å². The lowest BCUT2D eigenvalue weighted by molar-refractivity contribution is -0.150. The fourth-order valence-electron chi connectivity index (χ4n) is 2.77. The van der Waals surface area contributed by atoms with Crippen LogP contribution in [0.15, 0.2) is 34.9 Å². The van der Waals surface area contributed by atoms with Gasteiger partial charge in [0.2, 0.25) is 5.91 Å². The lowest BCUT2D eigenvalue weighted by Crippen LogP contribution is -2.44. The van der Waals surface area contributed by atoms with Crippen molar-refractivity contribution in [2.24, 2.45) is 5.92 Å². The van der Waals surface area contributed by atoms with Crippen molar-refractivity contribution in [3.8, 4) is 11.8 Å². The summed E-state index contributed by atoms with van der Waals surface area (Å²) in [6.07, 6.45) is 0. The van der Waals surface area contributed by atoms with Crippen LogP contribution in [0.25, 0.3) is 0 Å². The van der Waals surface area contributed by atoms with Gasteiger partial charge in [-0.2, -0.15) is 5.26 Å². The van der Waals surface area contributed by atoms with Crippen molar-refractivity contribution in [2.45, 2.75) is 5.92 Å². The molecule has 142 valence electrons. The largest absolute Gasteiger partial charge is 0.496 e. The highest BCUT2D eigenvalue weighted by molar-refractivity contribution is 8.03. The molecule has 0 saturated heterocycles. The van der Waals surface area contributed by atoms with Crippen molar-refractivity contribution in [3.05, 3.63) is 40.4 Å². The Balaban J connectivity index is 2.61. The molecule has 1 aliphatic heterocycles. The third-order valence-electron chi connectivity index (χ3n) is 4.02. The summed E-state index contributed by atoms with van der Waals surface area (Å²) in [4.78, 5) is 36.4. The van der Waals surface area contributed by atoms with Gasteiger partial charge in [0, 0.05) is 11.5 Å². The van der Waals surface area contributed by atoms with E-state index in [1.54, 1.807) is 24.3 Å². The molecule has 0 spiro atoms. The maximum Gasteiger partial charge on any atom is 0.319 e. The van der Waals surface area contributed by atoms with Crippen LogP contribution in [0.5, 0.6) is 5.75 Å². The van der Waals surface area contributed by atoms with E-state index in [-0.39, 0.29) is 16.4 Å². The second kappa shape index (κ2) is 9.09. The first-order valence-electron chi connectivity index (χ1n) is 7.83. The smallest absolute Gasteiger partial charge is 0.319 e. The van der Waals surface area contributed by atoms with E-state index in [0.29, 0.717) is 11.3 Å². The van der Waals surface area contributed by atoms with Gasteiger partial charge in [0.25, 0.3) is 0 Å². The molecular formula is C18H18N2O6S. The predicted molar refractivity (Wildman–Crippen MR) is 96.5 cm³/mol. The number of nitrogens with zero attached hydrogens (tertiary/aromatic N) is 1. The predicted octanol–water partition coefficient (Wildman–Crippen LogP) is 1.34. The molecule has 0 bridgehead atoms. The van der Waals surface area contributed by atoms with Crippen LogP contribution in [-0.4, -0.2) is 44.9 Å². The van der Waals surface area contributed by atoms with E-state index in [9.17, 15) is 19.6 Å². The Morgan fingerprint density at radius 3 is 2.52 bits per heavy atom. The topological polar surface area (TPSA) is 115 Å². The average molecular weight is 390 g/mol. The van der Waals surface area contributed by atoms with E-state index in [1.165, 1.54) is 21.3 Å². The molecular weight excluding hydrogens is 372 g/mol. The van der Waals surface area contributed by atoms with Crippen molar-refractivity contribution >= 4 is 29.6 Å². The first-order chi connectivity index (χ1) is 13.0. The number of allylic oxidation sites excluding steroid dienone is 1. The number of methoxy groups -OCH3 is 3. The van der Waals surface area contributed by atoms with Crippen LogP contribution in [0.2, 0.25) is 0 Å². The van der Waals surface area contributed by atoms with Gasteiger partial charge in [-0.25, -0.2) is 0 Å². The number of nitrogens with one attached hydrogen (secondary N) is 1. The molecule has 1 aromatic carbocycles. The molecule has 1 aromatic rings. The molecule has 1 aliphatic rings. The summed E-state index contributed by atoms with van der Waals surface area (Å²) in [6, 6.07) is 8.86.